The van der Waals surface area contributed by atoms with Gasteiger partial charge in [0.1, 0.15) is 4.91 Å². The van der Waals surface area contributed by atoms with Crippen molar-refractivity contribution >= 4 is 21.4 Å². The van der Waals surface area contributed by atoms with Crippen molar-refractivity contribution in [3.8, 4) is 0 Å². The van der Waals surface area contributed by atoms with E-state index in [-0.39, 0.29) is 18.1 Å². The maximum Gasteiger partial charge on any atom is 0.290 e. The van der Waals surface area contributed by atoms with Gasteiger partial charge in [-0.3, -0.25) is 4.79 Å². The van der Waals surface area contributed by atoms with Crippen molar-refractivity contribution in [1.29, 1.82) is 0 Å². The Labute approximate surface area is 153 Å². The lowest BCUT2D eigenvalue weighted by atomic mass is 10.1. The molecule has 1 aliphatic heterocycles. The van der Waals surface area contributed by atoms with Crippen LogP contribution in [0.15, 0.2) is 34.9 Å². The topological polar surface area (TPSA) is 110 Å². The summed E-state index contributed by atoms with van der Waals surface area (Å²) < 4.78 is 24.4. The van der Waals surface area contributed by atoms with E-state index in [1.165, 1.54) is 4.90 Å². The summed E-state index contributed by atoms with van der Waals surface area (Å²) in [5.74, 6) is -1.44. The van der Waals surface area contributed by atoms with E-state index in [0.29, 0.717) is 18.7 Å². The van der Waals surface area contributed by atoms with Gasteiger partial charge in [-0.1, -0.05) is 12.1 Å². The van der Waals surface area contributed by atoms with E-state index in [2.05, 4.69) is 5.32 Å². The number of anilines is 1. The standard InChI is InChI=1S/C17H25N3O5S/c1-19(2)13-6-4-12(5-7-13)14-16(26(3,24)25)15(22)17(23)20(14)10-8-18-9-11-21/h4-7,14,18,21-22H,8-11H2,1-3H3/t14-/m1/s1. The van der Waals surface area contributed by atoms with Crippen LogP contribution in [0.25, 0.3) is 0 Å². The molecule has 9 heteroatoms. The molecule has 0 fully saturated rings. The Kier molecular flexibility index (Phi) is 6.27. The fourth-order valence-electron chi connectivity index (χ4n) is 2.93. The molecule has 0 aliphatic carbocycles. The van der Waals surface area contributed by atoms with Crippen molar-refractivity contribution in [2.45, 2.75) is 6.04 Å². The van der Waals surface area contributed by atoms with Gasteiger partial charge < -0.3 is 25.3 Å². The zero-order chi connectivity index (χ0) is 19.5. The first kappa shape index (κ1) is 20.2. The molecule has 2 rings (SSSR count). The fourth-order valence-corrected chi connectivity index (χ4v) is 4.04. The van der Waals surface area contributed by atoms with Crippen molar-refractivity contribution in [1.82, 2.24) is 10.2 Å². The molecule has 0 saturated heterocycles. The first-order valence-corrected chi connectivity index (χ1v) is 10.1. The van der Waals surface area contributed by atoms with Gasteiger partial charge in [-0.25, -0.2) is 8.42 Å². The lowest BCUT2D eigenvalue weighted by Crippen LogP contribution is -2.37. The predicted molar refractivity (Wildman–Crippen MR) is 99.7 cm³/mol. The second-order valence-corrected chi connectivity index (χ2v) is 8.33. The highest BCUT2D eigenvalue weighted by atomic mass is 32.2. The number of hydrogen-bond donors (Lipinski definition) is 3. The molecule has 1 amide bonds. The third kappa shape index (κ3) is 4.17. The van der Waals surface area contributed by atoms with Crippen molar-refractivity contribution in [3.05, 3.63) is 40.5 Å². The minimum atomic E-state index is -3.78. The molecular weight excluding hydrogens is 358 g/mol. The molecule has 1 aromatic carbocycles. The van der Waals surface area contributed by atoms with Gasteiger partial charge in [0.05, 0.1) is 12.6 Å². The van der Waals surface area contributed by atoms with Crippen molar-refractivity contribution < 1.29 is 23.4 Å². The molecule has 1 heterocycles. The summed E-state index contributed by atoms with van der Waals surface area (Å²) in [4.78, 5) is 15.4. The van der Waals surface area contributed by atoms with Crippen LogP contribution in [0.4, 0.5) is 5.69 Å². The van der Waals surface area contributed by atoms with Gasteiger partial charge in [0, 0.05) is 45.7 Å². The van der Waals surface area contributed by atoms with Crippen LogP contribution in [0.1, 0.15) is 11.6 Å². The Balaban J connectivity index is 2.40. The maximum atomic E-state index is 12.5. The van der Waals surface area contributed by atoms with Crippen LogP contribution in [0, 0.1) is 0 Å². The summed E-state index contributed by atoms with van der Waals surface area (Å²) in [6, 6.07) is 6.30. The number of benzene rings is 1. The van der Waals surface area contributed by atoms with E-state index < -0.39 is 27.5 Å². The van der Waals surface area contributed by atoms with Gasteiger partial charge in [-0.05, 0) is 17.7 Å². The van der Waals surface area contributed by atoms with Gasteiger partial charge in [-0.15, -0.1) is 0 Å². The summed E-state index contributed by atoms with van der Waals surface area (Å²) in [6.07, 6.45) is 0.987. The van der Waals surface area contributed by atoms with E-state index in [9.17, 15) is 18.3 Å². The van der Waals surface area contributed by atoms with Crippen molar-refractivity contribution in [2.75, 3.05) is 51.5 Å². The lowest BCUT2D eigenvalue weighted by Gasteiger charge is -2.27. The Hall–Kier alpha value is -2.10. The average molecular weight is 383 g/mol. The number of aliphatic hydroxyl groups is 2. The highest BCUT2D eigenvalue weighted by Crippen LogP contribution is 2.39. The number of rotatable bonds is 8. The van der Waals surface area contributed by atoms with E-state index >= 15 is 0 Å². The van der Waals surface area contributed by atoms with E-state index in [4.69, 9.17) is 5.11 Å². The van der Waals surface area contributed by atoms with Gasteiger partial charge in [0.2, 0.25) is 0 Å². The molecule has 3 N–H and O–H groups in total. The smallest absolute Gasteiger partial charge is 0.290 e. The highest BCUT2D eigenvalue weighted by molar-refractivity contribution is 7.94. The number of carbonyl (C=O) groups is 1. The zero-order valence-corrected chi connectivity index (χ0v) is 16.0. The fraction of sp³-hybridized carbons (Fsp3) is 0.471. The van der Waals surface area contributed by atoms with Crippen LogP contribution in [-0.2, 0) is 14.6 Å². The largest absolute Gasteiger partial charge is 0.502 e. The number of hydrogen-bond acceptors (Lipinski definition) is 7. The number of nitrogens with one attached hydrogen (secondary N) is 1. The molecule has 1 aliphatic rings. The minimum Gasteiger partial charge on any atom is -0.502 e. The van der Waals surface area contributed by atoms with Gasteiger partial charge in [0.15, 0.2) is 15.6 Å². The first-order valence-electron chi connectivity index (χ1n) is 8.21. The lowest BCUT2D eigenvalue weighted by molar-refractivity contribution is -0.129. The number of sulfone groups is 1. The summed E-state index contributed by atoms with van der Waals surface area (Å²) in [7, 11) is -0.000740. The predicted octanol–water partition coefficient (Wildman–Crippen LogP) is 0.0320. The summed E-state index contributed by atoms with van der Waals surface area (Å²) >= 11 is 0. The summed E-state index contributed by atoms with van der Waals surface area (Å²) in [6.45, 7) is 0.884. The van der Waals surface area contributed by atoms with E-state index in [0.717, 1.165) is 11.9 Å². The van der Waals surface area contributed by atoms with E-state index in [1.807, 2.05) is 31.1 Å². The number of aliphatic hydroxyl groups excluding tert-OH is 2. The molecular formula is C17H25N3O5S. The molecule has 0 unspecified atom stereocenters. The first-order chi connectivity index (χ1) is 12.2. The van der Waals surface area contributed by atoms with Crippen LogP contribution >= 0.6 is 0 Å². The number of carbonyl (C=O) groups excluding carboxylic acids is 1. The molecule has 0 saturated carbocycles. The molecule has 0 radical (unpaired) electrons. The van der Waals surface area contributed by atoms with Crippen LogP contribution in [0.3, 0.4) is 0 Å². The highest BCUT2D eigenvalue weighted by Gasteiger charge is 2.44. The maximum absolute atomic E-state index is 12.5. The third-order valence-corrected chi connectivity index (χ3v) is 5.42. The number of amides is 1. The second kappa shape index (κ2) is 8.07. The second-order valence-electron chi connectivity index (χ2n) is 6.35. The monoisotopic (exact) mass is 383 g/mol. The van der Waals surface area contributed by atoms with Crippen LogP contribution in [0.5, 0.6) is 0 Å². The van der Waals surface area contributed by atoms with Gasteiger partial charge >= 0.3 is 0 Å². The SMILES string of the molecule is CN(C)c1ccc([C@@H]2C(S(C)(=O)=O)=C(O)C(=O)N2CCNCCO)cc1. The molecule has 8 nitrogen and oxygen atoms in total. The number of nitrogens with zero attached hydrogens (tertiary/aromatic N) is 2. The van der Waals surface area contributed by atoms with Gasteiger partial charge in [0.25, 0.3) is 5.91 Å². The zero-order valence-electron chi connectivity index (χ0n) is 15.1. The van der Waals surface area contributed by atoms with Crippen LogP contribution < -0.4 is 10.2 Å². The normalized spacial score (nSPS) is 17.9. The molecule has 0 aromatic heterocycles. The van der Waals surface area contributed by atoms with Crippen LogP contribution in [0.2, 0.25) is 0 Å². The minimum absolute atomic E-state index is 0.0402. The summed E-state index contributed by atoms with van der Waals surface area (Å²) in [5, 5.41) is 22.0. The Morgan fingerprint density at radius 2 is 1.81 bits per heavy atom. The Morgan fingerprint density at radius 3 is 2.31 bits per heavy atom. The Morgan fingerprint density at radius 1 is 1.19 bits per heavy atom. The molecule has 144 valence electrons. The van der Waals surface area contributed by atoms with Crippen molar-refractivity contribution in [2.24, 2.45) is 0 Å². The molecule has 0 bridgehead atoms. The molecule has 0 spiro atoms. The third-order valence-electron chi connectivity index (χ3n) is 4.20. The molecule has 1 aromatic rings. The van der Waals surface area contributed by atoms with Crippen LogP contribution in [-0.4, -0.2) is 76.0 Å². The average Bonchev–Trinajstić information content (AvgIpc) is 2.83. The van der Waals surface area contributed by atoms with Gasteiger partial charge in [-0.2, -0.15) is 0 Å². The van der Waals surface area contributed by atoms with E-state index in [1.54, 1.807) is 12.1 Å². The summed E-state index contributed by atoms with van der Waals surface area (Å²) in [5.41, 5.74) is 1.54. The van der Waals surface area contributed by atoms with Crippen molar-refractivity contribution in [3.63, 3.8) is 0 Å². The Bertz CT molecular complexity index is 787. The quantitative estimate of drug-likeness (QED) is 0.543. The molecule has 1 atom stereocenters. The molecule has 26 heavy (non-hydrogen) atoms.